The molecule has 1 atom stereocenters. The standard InChI is InChI=1S/C25H25.C15H14.C12H19.Zr/c1-14-12-24(3,4)22-8-16-7-17-9-23-19(15(2)13-25(23,5)6)11-21(17)20(16)10-18(14)22;1-12-3-7-14(8-4-12)11-15-9-5-13(2)6-10-15;1-5-6-10-7-8-11(9-10)12(2,3)4;/h7-13H,1-6H3;3-10H,1-2H3;8-10H,5-6H2,1-4H3;. The van der Waals surface area contributed by atoms with Gasteiger partial charge in [-0.05, 0) is 0 Å². The molecule has 0 fully saturated rings. The van der Waals surface area contributed by atoms with Crippen molar-refractivity contribution in [2.75, 3.05) is 0 Å². The molecule has 270 valence electrons. The topological polar surface area (TPSA) is 0 Å². The zero-order valence-corrected chi connectivity index (χ0v) is 36.8. The summed E-state index contributed by atoms with van der Waals surface area (Å²) in [6, 6.07) is 29.8. The van der Waals surface area contributed by atoms with Gasteiger partial charge in [-0.1, -0.05) is 0 Å². The third kappa shape index (κ3) is 6.09. The molecule has 0 aliphatic heterocycles. The van der Waals surface area contributed by atoms with E-state index >= 15 is 0 Å². The summed E-state index contributed by atoms with van der Waals surface area (Å²) in [5.74, 6) is 0.478. The Morgan fingerprint density at radius 2 is 1.09 bits per heavy atom. The first kappa shape index (κ1) is 36.6. The minimum atomic E-state index is -3.02. The summed E-state index contributed by atoms with van der Waals surface area (Å²) in [5.41, 5.74) is 22.0. The molecule has 1 heteroatoms. The molecule has 1 unspecified atom stereocenters. The van der Waals surface area contributed by atoms with Gasteiger partial charge in [0.2, 0.25) is 0 Å². The van der Waals surface area contributed by atoms with Crippen molar-refractivity contribution in [2.45, 2.75) is 110 Å². The molecule has 8 rings (SSSR count). The maximum atomic E-state index is 2.74. The van der Waals surface area contributed by atoms with E-state index in [2.05, 4.69) is 180 Å². The van der Waals surface area contributed by atoms with Gasteiger partial charge < -0.3 is 0 Å². The van der Waals surface area contributed by atoms with Crippen molar-refractivity contribution < 1.29 is 21.3 Å². The number of aryl methyl sites for hydroxylation is 2. The van der Waals surface area contributed by atoms with E-state index in [9.17, 15) is 0 Å². The molecule has 4 aromatic carbocycles. The molecule has 0 saturated carbocycles. The Morgan fingerprint density at radius 1 is 0.642 bits per heavy atom. The van der Waals surface area contributed by atoms with Crippen molar-refractivity contribution in [3.05, 3.63) is 162 Å². The fraction of sp³-hybridized carbons (Fsp3) is 0.365. The molecule has 4 aliphatic rings. The molecule has 53 heavy (non-hydrogen) atoms. The van der Waals surface area contributed by atoms with Crippen LogP contribution in [0.2, 0.25) is 0 Å². The summed E-state index contributed by atoms with van der Waals surface area (Å²) in [6.07, 6.45) is 12.8. The quantitative estimate of drug-likeness (QED) is 0.183. The van der Waals surface area contributed by atoms with Crippen molar-refractivity contribution in [2.24, 2.45) is 11.3 Å². The van der Waals surface area contributed by atoms with Crippen LogP contribution in [0.4, 0.5) is 0 Å². The molecule has 4 aliphatic carbocycles. The van der Waals surface area contributed by atoms with E-state index in [0.29, 0.717) is 9.54 Å². The monoisotopic (exact) mass is 772 g/mol. The number of allylic oxidation sites excluding steroid dienone is 8. The Morgan fingerprint density at radius 3 is 1.51 bits per heavy atom. The van der Waals surface area contributed by atoms with Gasteiger partial charge in [0.15, 0.2) is 0 Å². The molecule has 0 radical (unpaired) electrons. The van der Waals surface area contributed by atoms with Crippen LogP contribution in [-0.2, 0) is 32.1 Å². The van der Waals surface area contributed by atoms with Gasteiger partial charge in [-0.25, -0.2) is 0 Å². The third-order valence-electron chi connectivity index (χ3n) is 12.8. The van der Waals surface area contributed by atoms with Crippen molar-refractivity contribution >= 4 is 14.4 Å². The molecule has 0 aromatic heterocycles. The number of fused-ring (bicyclic) bond motifs is 5. The van der Waals surface area contributed by atoms with Crippen LogP contribution in [0.5, 0.6) is 0 Å². The number of rotatable bonds is 6. The van der Waals surface area contributed by atoms with Crippen molar-refractivity contribution in [3.63, 3.8) is 0 Å². The molecule has 4 aromatic rings. The van der Waals surface area contributed by atoms with Crippen LogP contribution >= 0.6 is 0 Å². The molecule has 0 N–H and O–H groups in total. The fourth-order valence-corrected chi connectivity index (χ4v) is 19.7. The van der Waals surface area contributed by atoms with Gasteiger partial charge in [0, 0.05) is 0 Å². The van der Waals surface area contributed by atoms with Crippen LogP contribution in [0, 0.1) is 25.2 Å². The summed E-state index contributed by atoms with van der Waals surface area (Å²) in [4.78, 5) is 0. The Balaban J connectivity index is 1.54. The molecule has 0 amide bonds. The van der Waals surface area contributed by atoms with E-state index in [1.807, 2.05) is 0 Å². The van der Waals surface area contributed by atoms with Crippen LogP contribution in [0.3, 0.4) is 0 Å². The van der Waals surface area contributed by atoms with Crippen molar-refractivity contribution in [1.29, 1.82) is 0 Å². The van der Waals surface area contributed by atoms with E-state index in [-0.39, 0.29) is 16.2 Å². The van der Waals surface area contributed by atoms with Crippen LogP contribution in [-0.4, -0.2) is 3.21 Å². The SMILES string of the molecule is CCCC1C=C(C(C)(C)C)C=[C]1[Zr](=[C](c1ccc(C)cc1)c1ccc(C)cc1)[CH]1c2cc3c(cc2-c2cc4c(cc21)C(C)(C)C=C4C)C(C)=CC3(C)C. The fourth-order valence-electron chi connectivity index (χ4n) is 10.1. The van der Waals surface area contributed by atoms with E-state index < -0.39 is 21.3 Å². The van der Waals surface area contributed by atoms with E-state index in [1.165, 1.54) is 85.2 Å². The second kappa shape index (κ2) is 12.8. The van der Waals surface area contributed by atoms with Crippen LogP contribution in [0.1, 0.15) is 141 Å². The van der Waals surface area contributed by atoms with Gasteiger partial charge >= 0.3 is 330 Å². The van der Waals surface area contributed by atoms with E-state index in [4.69, 9.17) is 0 Å². The summed E-state index contributed by atoms with van der Waals surface area (Å²) < 4.78 is 3.79. The van der Waals surface area contributed by atoms with Gasteiger partial charge in [-0.15, -0.1) is 0 Å². The molecule has 0 spiro atoms. The summed E-state index contributed by atoms with van der Waals surface area (Å²) in [7, 11) is 0. The summed E-state index contributed by atoms with van der Waals surface area (Å²) in [5, 5.41) is 0. The number of benzene rings is 4. The van der Waals surface area contributed by atoms with Crippen LogP contribution in [0.25, 0.3) is 22.3 Å². The average Bonchev–Trinajstić information content (AvgIpc) is 3.78. The zero-order chi connectivity index (χ0) is 37.8. The van der Waals surface area contributed by atoms with Gasteiger partial charge in [0.25, 0.3) is 0 Å². The number of hydrogen-bond acceptors (Lipinski definition) is 0. The first-order valence-electron chi connectivity index (χ1n) is 20.1. The van der Waals surface area contributed by atoms with E-state index in [1.54, 1.807) is 17.6 Å². The predicted octanol–water partition coefficient (Wildman–Crippen LogP) is 13.9. The van der Waals surface area contributed by atoms with Crippen molar-refractivity contribution in [1.82, 2.24) is 0 Å². The van der Waals surface area contributed by atoms with Gasteiger partial charge in [-0.2, -0.15) is 0 Å². The molecular weight excluding hydrogens is 716 g/mol. The van der Waals surface area contributed by atoms with Crippen molar-refractivity contribution in [3.8, 4) is 11.1 Å². The Labute approximate surface area is 328 Å². The van der Waals surface area contributed by atoms with Crippen LogP contribution in [0.15, 0.2) is 106 Å². The molecule has 0 saturated heterocycles. The Hall–Kier alpha value is -3.41. The van der Waals surface area contributed by atoms with E-state index in [0.717, 1.165) is 0 Å². The van der Waals surface area contributed by atoms with Gasteiger partial charge in [0.05, 0.1) is 0 Å². The molecule has 0 bridgehead atoms. The van der Waals surface area contributed by atoms with Gasteiger partial charge in [0.1, 0.15) is 0 Å². The summed E-state index contributed by atoms with van der Waals surface area (Å²) >= 11 is -3.02. The predicted molar refractivity (Wildman–Crippen MR) is 227 cm³/mol. The Bertz CT molecular complexity index is 2200. The second-order valence-electron chi connectivity index (χ2n) is 18.9. The average molecular weight is 774 g/mol. The molecule has 0 heterocycles. The minimum absolute atomic E-state index is 0.0131. The van der Waals surface area contributed by atoms with Gasteiger partial charge in [-0.3, -0.25) is 0 Å². The summed E-state index contributed by atoms with van der Waals surface area (Å²) in [6.45, 7) is 28.4. The Kier molecular flexibility index (Phi) is 8.86. The number of hydrogen-bond donors (Lipinski definition) is 0. The zero-order valence-electron chi connectivity index (χ0n) is 34.3. The first-order valence-corrected chi connectivity index (χ1v) is 24.0. The third-order valence-corrected chi connectivity index (χ3v) is 21.3. The second-order valence-corrected chi connectivity index (χ2v) is 25.0. The van der Waals surface area contributed by atoms with Crippen LogP contribution < -0.4 is 0 Å². The first-order chi connectivity index (χ1) is 25.0. The molecule has 0 nitrogen and oxygen atoms in total. The molecular formula is C52H58Zr. The maximum absolute atomic E-state index is 3.02. The normalized spacial score (nSPS) is 19.2.